The summed E-state index contributed by atoms with van der Waals surface area (Å²) in [5, 5.41) is 0. The lowest BCUT2D eigenvalue weighted by Gasteiger charge is -2.18. The Morgan fingerprint density at radius 1 is 0.292 bits per heavy atom. The molecule has 0 amide bonds. The van der Waals surface area contributed by atoms with Crippen molar-refractivity contribution in [2.45, 2.75) is 381 Å². The van der Waals surface area contributed by atoms with Gasteiger partial charge in [0.15, 0.2) is 6.10 Å². The molecular formula is C66H128O6. The Bertz CT molecular complexity index is 1110. The van der Waals surface area contributed by atoms with E-state index in [1.54, 1.807) is 0 Å². The van der Waals surface area contributed by atoms with Crippen molar-refractivity contribution in [3.8, 4) is 0 Å². The fraction of sp³-hybridized carbons (Fsp3) is 0.955. The lowest BCUT2D eigenvalue weighted by atomic mass is 9.99. The van der Waals surface area contributed by atoms with Gasteiger partial charge in [-0.25, -0.2) is 0 Å². The fourth-order valence-electron chi connectivity index (χ4n) is 10.3. The average molecular weight is 1020 g/mol. The largest absolute Gasteiger partial charge is 0.462 e. The van der Waals surface area contributed by atoms with Gasteiger partial charge in [-0.2, -0.15) is 0 Å². The number of unbranched alkanes of at least 4 members (excludes halogenated alkanes) is 44. The van der Waals surface area contributed by atoms with Gasteiger partial charge >= 0.3 is 17.9 Å². The second-order valence-corrected chi connectivity index (χ2v) is 23.5. The summed E-state index contributed by atoms with van der Waals surface area (Å²) in [5.41, 5.74) is 0. The maximum atomic E-state index is 12.9. The molecule has 1 unspecified atom stereocenters. The molecule has 0 aromatic heterocycles. The topological polar surface area (TPSA) is 78.9 Å². The lowest BCUT2D eigenvalue weighted by Crippen LogP contribution is -2.30. The van der Waals surface area contributed by atoms with Gasteiger partial charge in [0.1, 0.15) is 13.2 Å². The van der Waals surface area contributed by atoms with E-state index in [9.17, 15) is 14.4 Å². The maximum absolute atomic E-state index is 12.9. The molecule has 0 radical (unpaired) electrons. The van der Waals surface area contributed by atoms with Crippen molar-refractivity contribution in [2.75, 3.05) is 13.2 Å². The van der Waals surface area contributed by atoms with Crippen LogP contribution in [0.25, 0.3) is 0 Å². The summed E-state index contributed by atoms with van der Waals surface area (Å²) in [6, 6.07) is 0. The monoisotopic (exact) mass is 1020 g/mol. The van der Waals surface area contributed by atoms with Crippen molar-refractivity contribution in [3.63, 3.8) is 0 Å². The Labute approximate surface area is 450 Å². The predicted octanol–water partition coefficient (Wildman–Crippen LogP) is 22.0. The van der Waals surface area contributed by atoms with Crippen LogP contribution in [0, 0.1) is 11.8 Å². The number of carbonyl (C=O) groups excluding carboxylic acids is 3. The molecule has 0 rings (SSSR count). The first kappa shape index (κ1) is 70.4. The Morgan fingerprint density at radius 2 is 0.528 bits per heavy atom. The highest BCUT2D eigenvalue weighted by atomic mass is 16.6. The molecule has 6 nitrogen and oxygen atoms in total. The van der Waals surface area contributed by atoms with Crippen molar-refractivity contribution < 1.29 is 28.6 Å². The van der Waals surface area contributed by atoms with Crippen molar-refractivity contribution in [1.29, 1.82) is 0 Å². The highest BCUT2D eigenvalue weighted by Crippen LogP contribution is 2.19. The maximum Gasteiger partial charge on any atom is 0.306 e. The third kappa shape index (κ3) is 57.7. The highest BCUT2D eigenvalue weighted by molar-refractivity contribution is 5.71. The summed E-state index contributed by atoms with van der Waals surface area (Å²) >= 11 is 0. The first-order valence-corrected chi connectivity index (χ1v) is 32.8. The van der Waals surface area contributed by atoms with Gasteiger partial charge in [0.05, 0.1) is 0 Å². The molecule has 0 fully saturated rings. The summed E-state index contributed by atoms with van der Waals surface area (Å²) in [6.07, 6.45) is 65.4. The minimum absolute atomic E-state index is 0.0618. The van der Waals surface area contributed by atoms with Crippen LogP contribution < -0.4 is 0 Å². The Hall–Kier alpha value is -1.59. The molecule has 6 heteroatoms. The van der Waals surface area contributed by atoms with Crippen LogP contribution in [-0.4, -0.2) is 37.2 Å². The van der Waals surface area contributed by atoms with Gasteiger partial charge in [0.2, 0.25) is 0 Å². The van der Waals surface area contributed by atoms with Crippen molar-refractivity contribution >= 4 is 17.9 Å². The summed E-state index contributed by atoms with van der Waals surface area (Å²) in [7, 11) is 0. The molecule has 0 bridgehead atoms. The Kier molecular flexibility index (Phi) is 57.4. The zero-order chi connectivity index (χ0) is 52.5. The second-order valence-electron chi connectivity index (χ2n) is 23.5. The minimum Gasteiger partial charge on any atom is -0.462 e. The van der Waals surface area contributed by atoms with Gasteiger partial charge in [0, 0.05) is 19.3 Å². The Balaban J connectivity index is 4.17. The average Bonchev–Trinajstić information content (AvgIpc) is 3.37. The molecule has 428 valence electrons. The lowest BCUT2D eigenvalue weighted by molar-refractivity contribution is -0.167. The zero-order valence-electron chi connectivity index (χ0n) is 49.6. The second kappa shape index (κ2) is 58.7. The fourth-order valence-corrected chi connectivity index (χ4v) is 10.3. The molecule has 0 aliphatic heterocycles. The summed E-state index contributed by atoms with van der Waals surface area (Å²) < 4.78 is 16.9. The smallest absolute Gasteiger partial charge is 0.306 e. The molecule has 0 aromatic carbocycles. The van der Waals surface area contributed by atoms with Crippen LogP contribution >= 0.6 is 0 Å². The van der Waals surface area contributed by atoms with E-state index in [-0.39, 0.29) is 31.1 Å². The molecule has 0 aliphatic carbocycles. The van der Waals surface area contributed by atoms with E-state index in [1.807, 2.05) is 0 Å². The van der Waals surface area contributed by atoms with Crippen molar-refractivity contribution in [1.82, 2.24) is 0 Å². The van der Waals surface area contributed by atoms with E-state index >= 15 is 0 Å². The SMILES string of the molecule is CCCCCCCCCCCCCC(=O)O[C@@H](COC(=O)CCCCCCCCCCCCCCCCCCCCC(C)C)COC(=O)CCCCCCCCCCCCCCCCCCCCC(C)CC. The van der Waals surface area contributed by atoms with Crippen LogP contribution in [0.1, 0.15) is 375 Å². The molecule has 0 saturated carbocycles. The Morgan fingerprint density at radius 3 is 0.792 bits per heavy atom. The normalized spacial score (nSPS) is 12.4. The van der Waals surface area contributed by atoms with Crippen molar-refractivity contribution in [2.24, 2.45) is 11.8 Å². The minimum atomic E-state index is -0.763. The van der Waals surface area contributed by atoms with E-state index in [2.05, 4.69) is 34.6 Å². The van der Waals surface area contributed by atoms with Gasteiger partial charge in [0.25, 0.3) is 0 Å². The van der Waals surface area contributed by atoms with Crippen LogP contribution in [-0.2, 0) is 28.6 Å². The van der Waals surface area contributed by atoms with E-state index < -0.39 is 6.10 Å². The molecule has 0 aromatic rings. The molecule has 0 heterocycles. The van der Waals surface area contributed by atoms with Gasteiger partial charge in [-0.15, -0.1) is 0 Å². The number of rotatable bonds is 60. The van der Waals surface area contributed by atoms with E-state index in [0.29, 0.717) is 19.3 Å². The van der Waals surface area contributed by atoms with Crippen molar-refractivity contribution in [3.05, 3.63) is 0 Å². The van der Waals surface area contributed by atoms with Crippen LogP contribution in [0.5, 0.6) is 0 Å². The number of esters is 3. The van der Waals surface area contributed by atoms with Gasteiger partial charge in [-0.1, -0.05) is 336 Å². The summed E-state index contributed by atoms with van der Waals surface area (Å²) in [4.78, 5) is 38.3. The number of hydrogen-bond acceptors (Lipinski definition) is 6. The van der Waals surface area contributed by atoms with E-state index in [1.165, 1.54) is 263 Å². The molecule has 0 N–H and O–H groups in total. The molecule has 2 atom stereocenters. The number of carbonyl (C=O) groups is 3. The van der Waals surface area contributed by atoms with Gasteiger partial charge < -0.3 is 14.2 Å². The summed E-state index contributed by atoms with van der Waals surface area (Å²) in [5.74, 6) is 0.938. The summed E-state index contributed by atoms with van der Waals surface area (Å²) in [6.45, 7) is 11.5. The first-order chi connectivity index (χ1) is 35.3. The quantitative estimate of drug-likeness (QED) is 0.0343. The highest BCUT2D eigenvalue weighted by Gasteiger charge is 2.19. The van der Waals surface area contributed by atoms with Gasteiger partial charge in [-0.05, 0) is 31.1 Å². The van der Waals surface area contributed by atoms with Crippen LogP contribution in [0.3, 0.4) is 0 Å². The molecule has 0 saturated heterocycles. The number of hydrogen-bond donors (Lipinski definition) is 0. The zero-order valence-corrected chi connectivity index (χ0v) is 49.6. The molecule has 72 heavy (non-hydrogen) atoms. The standard InChI is InChI=1S/C66H128O6/c1-6-8-9-10-11-12-29-38-43-48-53-58-66(69)72-63(59-70-64(67)56-51-46-41-36-32-27-23-19-15-13-17-21-25-30-34-39-44-49-54-61(3)4)60-71-65(68)57-52-47-42-37-33-28-24-20-16-14-18-22-26-31-35-40-45-50-55-62(5)7-2/h61-63H,6-60H2,1-5H3/t62?,63-/m0/s1. The number of ether oxygens (including phenoxy) is 3. The van der Waals surface area contributed by atoms with Crippen LogP contribution in [0.2, 0.25) is 0 Å². The first-order valence-electron chi connectivity index (χ1n) is 32.8. The van der Waals surface area contributed by atoms with Gasteiger partial charge in [-0.3, -0.25) is 14.4 Å². The third-order valence-corrected chi connectivity index (χ3v) is 15.6. The van der Waals surface area contributed by atoms with E-state index in [0.717, 1.165) is 69.6 Å². The van der Waals surface area contributed by atoms with Crippen LogP contribution in [0.15, 0.2) is 0 Å². The van der Waals surface area contributed by atoms with Crippen LogP contribution in [0.4, 0.5) is 0 Å². The molecule has 0 aliphatic rings. The molecular weight excluding hydrogens is 889 g/mol. The van der Waals surface area contributed by atoms with E-state index in [4.69, 9.17) is 14.2 Å². The third-order valence-electron chi connectivity index (χ3n) is 15.6. The molecule has 0 spiro atoms. The predicted molar refractivity (Wildman–Crippen MR) is 312 cm³/mol.